The molecular formula is C16H19F2N3O2. The van der Waals surface area contributed by atoms with Crippen molar-refractivity contribution in [2.45, 2.75) is 32.6 Å². The number of ether oxygens (including phenoxy) is 1. The number of halogens is 2. The molecule has 1 atom stereocenters. The van der Waals surface area contributed by atoms with E-state index >= 15 is 0 Å². The summed E-state index contributed by atoms with van der Waals surface area (Å²) in [4.78, 5) is 12.5. The van der Waals surface area contributed by atoms with Crippen LogP contribution in [0.1, 0.15) is 42.6 Å². The van der Waals surface area contributed by atoms with Crippen molar-refractivity contribution in [2.75, 3.05) is 12.4 Å². The highest BCUT2D eigenvalue weighted by molar-refractivity contribution is 5.96. The lowest BCUT2D eigenvalue weighted by Crippen LogP contribution is -2.21. The number of methoxy groups -OCH3 is 1. The second kappa shape index (κ2) is 7.21. The first-order valence-electron chi connectivity index (χ1n) is 7.25. The molecule has 0 radical (unpaired) electrons. The molecule has 2 aromatic rings. The van der Waals surface area contributed by atoms with Gasteiger partial charge in [-0.1, -0.05) is 19.1 Å². The van der Waals surface area contributed by atoms with Crippen LogP contribution in [0.5, 0.6) is 5.75 Å². The Bertz CT molecular complexity index is 668. The molecule has 0 aliphatic heterocycles. The van der Waals surface area contributed by atoms with Crippen molar-refractivity contribution in [2.24, 2.45) is 0 Å². The Morgan fingerprint density at radius 3 is 2.52 bits per heavy atom. The van der Waals surface area contributed by atoms with Crippen LogP contribution in [-0.2, 0) is 4.79 Å². The molecule has 1 aromatic carbocycles. The zero-order chi connectivity index (χ0) is 17.0. The summed E-state index contributed by atoms with van der Waals surface area (Å²) in [7, 11) is 1.56. The summed E-state index contributed by atoms with van der Waals surface area (Å²) < 4.78 is 31.0. The van der Waals surface area contributed by atoms with Crippen molar-refractivity contribution in [3.63, 3.8) is 0 Å². The van der Waals surface area contributed by atoms with E-state index in [2.05, 4.69) is 15.5 Å². The van der Waals surface area contributed by atoms with Gasteiger partial charge in [0, 0.05) is 0 Å². The van der Waals surface area contributed by atoms with E-state index in [1.165, 1.54) is 0 Å². The smallest absolute Gasteiger partial charge is 0.284 e. The van der Waals surface area contributed by atoms with Crippen LogP contribution in [0.2, 0.25) is 0 Å². The second-order valence-corrected chi connectivity index (χ2v) is 5.13. The minimum absolute atomic E-state index is 0.0527. The first-order valence-corrected chi connectivity index (χ1v) is 7.25. The van der Waals surface area contributed by atoms with Crippen molar-refractivity contribution in [1.29, 1.82) is 0 Å². The van der Waals surface area contributed by atoms with Gasteiger partial charge in [-0.3, -0.25) is 9.89 Å². The number of nitrogens with zero attached hydrogens (tertiary/aromatic N) is 1. The largest absolute Gasteiger partial charge is 0.497 e. The molecule has 0 bridgehead atoms. The number of carbonyl (C=O) groups excluding carboxylic acids is 1. The predicted molar refractivity (Wildman–Crippen MR) is 82.9 cm³/mol. The van der Waals surface area contributed by atoms with Gasteiger partial charge in [-0.05, 0) is 31.0 Å². The molecule has 23 heavy (non-hydrogen) atoms. The van der Waals surface area contributed by atoms with Crippen molar-refractivity contribution >= 4 is 11.6 Å². The van der Waals surface area contributed by atoms with Crippen LogP contribution < -0.4 is 10.1 Å². The first kappa shape index (κ1) is 16.9. The Morgan fingerprint density at radius 1 is 1.35 bits per heavy atom. The average Bonchev–Trinajstić information content (AvgIpc) is 2.90. The van der Waals surface area contributed by atoms with E-state index < -0.39 is 18.0 Å². The van der Waals surface area contributed by atoms with E-state index in [0.717, 1.165) is 5.56 Å². The molecule has 1 amide bonds. The van der Waals surface area contributed by atoms with Crippen LogP contribution in [0.15, 0.2) is 24.3 Å². The molecule has 0 aliphatic carbocycles. The number of H-pyrrole nitrogens is 1. The number of rotatable bonds is 6. The van der Waals surface area contributed by atoms with E-state index in [0.29, 0.717) is 17.9 Å². The van der Waals surface area contributed by atoms with Gasteiger partial charge in [0.15, 0.2) is 5.69 Å². The fourth-order valence-electron chi connectivity index (χ4n) is 2.38. The lowest BCUT2D eigenvalue weighted by Gasteiger charge is -2.16. The maximum absolute atomic E-state index is 12.9. The topological polar surface area (TPSA) is 67.0 Å². The third kappa shape index (κ3) is 3.67. The molecule has 1 heterocycles. The summed E-state index contributed by atoms with van der Waals surface area (Å²) in [6.07, 6.45) is -2.21. The number of hydrogen-bond donors (Lipinski definition) is 2. The van der Waals surface area contributed by atoms with Gasteiger partial charge in [0.05, 0.1) is 24.4 Å². The Morgan fingerprint density at radius 2 is 2.00 bits per heavy atom. The van der Waals surface area contributed by atoms with Crippen LogP contribution in [0.3, 0.4) is 0 Å². The van der Waals surface area contributed by atoms with Gasteiger partial charge in [-0.15, -0.1) is 0 Å². The van der Waals surface area contributed by atoms with Gasteiger partial charge in [0.25, 0.3) is 6.43 Å². The minimum atomic E-state index is -2.75. The number of nitrogens with one attached hydrogen (secondary N) is 2. The normalized spacial score (nSPS) is 12.3. The molecule has 0 aliphatic rings. The fourth-order valence-corrected chi connectivity index (χ4v) is 2.38. The number of amides is 1. The van der Waals surface area contributed by atoms with E-state index in [-0.39, 0.29) is 11.6 Å². The molecule has 0 fully saturated rings. The number of alkyl halides is 2. The molecule has 124 valence electrons. The summed E-state index contributed by atoms with van der Waals surface area (Å²) in [5.41, 5.74) is 0.807. The van der Waals surface area contributed by atoms with E-state index in [9.17, 15) is 13.6 Å². The number of aryl methyl sites for hydroxylation is 1. The highest BCUT2D eigenvalue weighted by atomic mass is 19.3. The number of carbonyl (C=O) groups is 1. The zero-order valence-electron chi connectivity index (χ0n) is 13.2. The quantitative estimate of drug-likeness (QED) is 0.850. The second-order valence-electron chi connectivity index (χ2n) is 5.13. The molecule has 2 rings (SSSR count). The number of aromatic nitrogens is 2. The Hall–Kier alpha value is -2.44. The molecular weight excluding hydrogens is 304 g/mol. The lowest BCUT2D eigenvalue weighted by molar-refractivity contribution is -0.117. The maximum atomic E-state index is 12.9. The molecule has 0 spiro atoms. The average molecular weight is 323 g/mol. The number of aromatic amines is 1. The van der Waals surface area contributed by atoms with E-state index in [1.807, 2.05) is 6.92 Å². The third-order valence-electron chi connectivity index (χ3n) is 3.67. The summed E-state index contributed by atoms with van der Waals surface area (Å²) in [6, 6.07) is 7.11. The molecule has 7 heteroatoms. The van der Waals surface area contributed by atoms with Gasteiger partial charge >= 0.3 is 0 Å². The van der Waals surface area contributed by atoms with Crippen molar-refractivity contribution in [3.8, 4) is 5.75 Å². The van der Waals surface area contributed by atoms with Gasteiger partial charge < -0.3 is 10.1 Å². The number of benzene rings is 1. The van der Waals surface area contributed by atoms with Crippen molar-refractivity contribution in [3.05, 3.63) is 41.2 Å². The Balaban J connectivity index is 2.22. The van der Waals surface area contributed by atoms with E-state index in [4.69, 9.17) is 4.74 Å². The van der Waals surface area contributed by atoms with Crippen LogP contribution in [0.25, 0.3) is 0 Å². The van der Waals surface area contributed by atoms with Crippen LogP contribution in [0, 0.1) is 6.92 Å². The van der Waals surface area contributed by atoms with Crippen LogP contribution >= 0.6 is 0 Å². The highest BCUT2D eigenvalue weighted by Gasteiger charge is 2.24. The van der Waals surface area contributed by atoms with Crippen LogP contribution in [-0.4, -0.2) is 23.2 Å². The van der Waals surface area contributed by atoms with Gasteiger partial charge in [-0.2, -0.15) is 5.10 Å². The standard InChI is InChI=1S/C16H19F2N3O2/c1-4-12(10-5-7-11(23-3)8-6-10)16(22)19-13-9(2)20-21-14(13)15(17)18/h5-8,12,15H,4H2,1-3H3,(H,19,22)(H,20,21). The third-order valence-corrected chi connectivity index (χ3v) is 3.67. The molecule has 0 saturated carbocycles. The number of hydrogen-bond acceptors (Lipinski definition) is 3. The highest BCUT2D eigenvalue weighted by Crippen LogP contribution is 2.29. The SMILES string of the molecule is CCC(C(=O)Nc1c(C(F)F)n[nH]c1C)c1ccc(OC)cc1. The lowest BCUT2D eigenvalue weighted by atomic mass is 9.95. The maximum Gasteiger partial charge on any atom is 0.284 e. The van der Waals surface area contributed by atoms with Gasteiger partial charge in [0.2, 0.25) is 5.91 Å². The zero-order valence-corrected chi connectivity index (χ0v) is 13.2. The minimum Gasteiger partial charge on any atom is -0.497 e. The molecule has 5 nitrogen and oxygen atoms in total. The molecule has 0 saturated heterocycles. The van der Waals surface area contributed by atoms with Crippen LogP contribution in [0.4, 0.5) is 14.5 Å². The predicted octanol–water partition coefficient (Wildman–Crippen LogP) is 3.80. The Kier molecular flexibility index (Phi) is 5.31. The van der Waals surface area contributed by atoms with Crippen molar-refractivity contribution in [1.82, 2.24) is 10.2 Å². The Labute approximate surface area is 133 Å². The van der Waals surface area contributed by atoms with Gasteiger partial charge in [0.1, 0.15) is 5.75 Å². The summed E-state index contributed by atoms with van der Waals surface area (Å²) in [6.45, 7) is 3.45. The van der Waals surface area contributed by atoms with Gasteiger partial charge in [-0.25, -0.2) is 8.78 Å². The van der Waals surface area contributed by atoms with E-state index in [1.54, 1.807) is 38.3 Å². The summed E-state index contributed by atoms with van der Waals surface area (Å²) in [5.74, 6) is -0.0977. The molecule has 1 aromatic heterocycles. The number of anilines is 1. The monoisotopic (exact) mass is 323 g/mol. The fraction of sp³-hybridized carbons (Fsp3) is 0.375. The van der Waals surface area contributed by atoms with Crippen molar-refractivity contribution < 1.29 is 18.3 Å². The summed E-state index contributed by atoms with van der Waals surface area (Å²) >= 11 is 0. The molecule has 2 N–H and O–H groups in total. The first-order chi connectivity index (χ1) is 11.0. The summed E-state index contributed by atoms with van der Waals surface area (Å²) in [5, 5.41) is 8.59. The molecule has 1 unspecified atom stereocenters.